The normalized spacial score (nSPS) is 11.4. The maximum atomic E-state index is 10.4. The highest BCUT2D eigenvalue weighted by Crippen LogP contribution is 2.06. The summed E-state index contributed by atoms with van der Waals surface area (Å²) in [6, 6.07) is 0. The summed E-state index contributed by atoms with van der Waals surface area (Å²) in [5.74, 6) is 4.39. The lowest BCUT2D eigenvalue weighted by Gasteiger charge is -2.02. The highest BCUT2D eigenvalue weighted by atomic mass is 16.4. The largest absolute Gasteiger partial charge is 0.481 e. The zero-order valence-electron chi connectivity index (χ0n) is 6.35. The number of rotatable bonds is 3. The van der Waals surface area contributed by atoms with Crippen LogP contribution >= 0.6 is 0 Å². The van der Waals surface area contributed by atoms with E-state index in [1.54, 1.807) is 6.92 Å². The second-order valence-electron chi connectivity index (χ2n) is 2.07. The molecule has 1 atom stereocenters. The van der Waals surface area contributed by atoms with Gasteiger partial charge in [0, 0.05) is 6.42 Å². The average Bonchev–Trinajstić information content (AvgIpc) is 1.89. The lowest BCUT2D eigenvalue weighted by molar-refractivity contribution is -0.141. The van der Waals surface area contributed by atoms with E-state index in [1.807, 2.05) is 6.92 Å². The van der Waals surface area contributed by atoms with Gasteiger partial charge in [-0.2, -0.15) is 0 Å². The molecule has 0 amide bonds. The highest BCUT2D eigenvalue weighted by molar-refractivity contribution is 5.70. The highest BCUT2D eigenvalue weighted by Gasteiger charge is 2.12. The van der Waals surface area contributed by atoms with Gasteiger partial charge in [-0.15, -0.1) is 11.8 Å². The summed E-state index contributed by atoms with van der Waals surface area (Å²) >= 11 is 0. The van der Waals surface area contributed by atoms with Gasteiger partial charge in [0.05, 0.1) is 5.92 Å². The second kappa shape index (κ2) is 4.87. The van der Waals surface area contributed by atoms with Crippen LogP contribution in [0.5, 0.6) is 0 Å². The standard InChI is InChI=1S/C8H12O2/c1-3-5-6-7(4-2)8(9)10/h7H,4,6H2,1-2H3,(H,9,10). The fourth-order valence-electron chi connectivity index (χ4n) is 0.632. The molecule has 0 saturated heterocycles. The van der Waals surface area contributed by atoms with Crippen molar-refractivity contribution in [2.75, 3.05) is 0 Å². The molecule has 0 fully saturated rings. The topological polar surface area (TPSA) is 37.3 Å². The van der Waals surface area contributed by atoms with Gasteiger partial charge in [-0.3, -0.25) is 4.79 Å². The van der Waals surface area contributed by atoms with Crippen LogP contribution in [0.3, 0.4) is 0 Å². The van der Waals surface area contributed by atoms with Crippen molar-refractivity contribution in [2.24, 2.45) is 5.92 Å². The molecule has 0 aromatic rings. The van der Waals surface area contributed by atoms with Crippen LogP contribution in [0.15, 0.2) is 0 Å². The van der Waals surface area contributed by atoms with Gasteiger partial charge in [0.15, 0.2) is 0 Å². The Morgan fingerprint density at radius 3 is 2.60 bits per heavy atom. The maximum absolute atomic E-state index is 10.4. The van der Waals surface area contributed by atoms with E-state index in [1.165, 1.54) is 0 Å². The summed E-state index contributed by atoms with van der Waals surface area (Å²) < 4.78 is 0. The minimum Gasteiger partial charge on any atom is -0.481 e. The number of carboxylic acids is 1. The lowest BCUT2D eigenvalue weighted by Crippen LogP contribution is -2.11. The van der Waals surface area contributed by atoms with E-state index >= 15 is 0 Å². The van der Waals surface area contributed by atoms with E-state index in [0.29, 0.717) is 12.8 Å². The van der Waals surface area contributed by atoms with Crippen LogP contribution in [0.1, 0.15) is 26.7 Å². The Kier molecular flexibility index (Phi) is 4.39. The fourth-order valence-corrected chi connectivity index (χ4v) is 0.632. The van der Waals surface area contributed by atoms with E-state index in [-0.39, 0.29) is 5.92 Å². The van der Waals surface area contributed by atoms with Gasteiger partial charge < -0.3 is 5.11 Å². The minimum atomic E-state index is -0.745. The molecule has 2 nitrogen and oxygen atoms in total. The van der Waals surface area contributed by atoms with Gasteiger partial charge >= 0.3 is 5.97 Å². The molecule has 0 heterocycles. The van der Waals surface area contributed by atoms with Crippen molar-refractivity contribution in [1.29, 1.82) is 0 Å². The molecule has 1 unspecified atom stereocenters. The third-order valence-electron chi connectivity index (χ3n) is 1.37. The van der Waals surface area contributed by atoms with Crippen molar-refractivity contribution < 1.29 is 9.90 Å². The molecule has 0 aromatic carbocycles. The molecule has 10 heavy (non-hydrogen) atoms. The molecule has 0 aliphatic heterocycles. The first kappa shape index (κ1) is 9.03. The van der Waals surface area contributed by atoms with Crippen molar-refractivity contribution in [2.45, 2.75) is 26.7 Å². The SMILES string of the molecule is CC#CCC(CC)C(=O)O. The second-order valence-corrected chi connectivity index (χ2v) is 2.07. The predicted molar refractivity (Wildman–Crippen MR) is 39.5 cm³/mol. The van der Waals surface area contributed by atoms with Crippen molar-refractivity contribution >= 4 is 5.97 Å². The molecular weight excluding hydrogens is 128 g/mol. The number of aliphatic carboxylic acids is 1. The van der Waals surface area contributed by atoms with Gasteiger partial charge in [0.2, 0.25) is 0 Å². The summed E-state index contributed by atoms with van der Waals surface area (Å²) in [7, 11) is 0. The minimum absolute atomic E-state index is 0.285. The Balaban J connectivity index is 3.79. The van der Waals surface area contributed by atoms with E-state index in [2.05, 4.69) is 11.8 Å². The molecular formula is C8H12O2. The smallest absolute Gasteiger partial charge is 0.307 e. The Labute approximate surface area is 61.2 Å². The third-order valence-corrected chi connectivity index (χ3v) is 1.37. The third kappa shape index (κ3) is 3.13. The van der Waals surface area contributed by atoms with Crippen molar-refractivity contribution in [3.63, 3.8) is 0 Å². The number of hydrogen-bond donors (Lipinski definition) is 1. The summed E-state index contributed by atoms with van der Waals surface area (Å²) in [6.07, 6.45) is 1.13. The molecule has 2 heteroatoms. The van der Waals surface area contributed by atoms with Gasteiger partial charge in [0.1, 0.15) is 0 Å². The molecule has 0 aliphatic carbocycles. The van der Waals surface area contributed by atoms with Crippen LogP contribution in [0.4, 0.5) is 0 Å². The fraction of sp³-hybridized carbons (Fsp3) is 0.625. The molecule has 0 bridgehead atoms. The van der Waals surface area contributed by atoms with Gasteiger partial charge in [-0.05, 0) is 13.3 Å². The van der Waals surface area contributed by atoms with E-state index in [9.17, 15) is 4.79 Å². The van der Waals surface area contributed by atoms with Crippen molar-refractivity contribution in [3.8, 4) is 11.8 Å². The van der Waals surface area contributed by atoms with Crippen LogP contribution < -0.4 is 0 Å². The van der Waals surface area contributed by atoms with E-state index in [4.69, 9.17) is 5.11 Å². The molecule has 0 aromatic heterocycles. The van der Waals surface area contributed by atoms with Gasteiger partial charge in [-0.1, -0.05) is 6.92 Å². The zero-order valence-corrected chi connectivity index (χ0v) is 6.35. The summed E-state index contributed by atoms with van der Waals surface area (Å²) in [6.45, 7) is 3.57. The summed E-state index contributed by atoms with van der Waals surface area (Å²) in [5, 5.41) is 8.53. The predicted octanol–water partition coefficient (Wildman–Crippen LogP) is 1.51. The summed E-state index contributed by atoms with van der Waals surface area (Å²) in [5.41, 5.74) is 0. The quantitative estimate of drug-likeness (QED) is 0.603. The molecule has 0 aliphatic rings. The number of carboxylic acid groups (broad SMARTS) is 1. The van der Waals surface area contributed by atoms with Gasteiger partial charge in [0.25, 0.3) is 0 Å². The van der Waals surface area contributed by atoms with Crippen LogP contribution in [0.2, 0.25) is 0 Å². The first-order valence-corrected chi connectivity index (χ1v) is 3.34. The van der Waals surface area contributed by atoms with Gasteiger partial charge in [-0.25, -0.2) is 0 Å². The molecule has 0 saturated carbocycles. The Morgan fingerprint density at radius 2 is 2.30 bits per heavy atom. The van der Waals surface area contributed by atoms with Crippen LogP contribution in [-0.2, 0) is 4.79 Å². The average molecular weight is 140 g/mol. The first-order chi connectivity index (χ1) is 4.72. The molecule has 0 spiro atoms. The summed E-state index contributed by atoms with van der Waals surface area (Å²) in [4.78, 5) is 10.4. The van der Waals surface area contributed by atoms with Crippen molar-refractivity contribution in [1.82, 2.24) is 0 Å². The Hall–Kier alpha value is -0.970. The van der Waals surface area contributed by atoms with E-state index < -0.39 is 5.97 Å². The Morgan fingerprint density at radius 1 is 1.70 bits per heavy atom. The first-order valence-electron chi connectivity index (χ1n) is 3.34. The zero-order chi connectivity index (χ0) is 7.98. The lowest BCUT2D eigenvalue weighted by atomic mass is 10.0. The van der Waals surface area contributed by atoms with Crippen LogP contribution in [0.25, 0.3) is 0 Å². The number of hydrogen-bond acceptors (Lipinski definition) is 1. The molecule has 1 N–H and O–H groups in total. The monoisotopic (exact) mass is 140 g/mol. The Bertz CT molecular complexity index is 162. The van der Waals surface area contributed by atoms with Crippen LogP contribution in [-0.4, -0.2) is 11.1 Å². The molecule has 0 radical (unpaired) electrons. The van der Waals surface area contributed by atoms with Crippen molar-refractivity contribution in [3.05, 3.63) is 0 Å². The molecule has 56 valence electrons. The number of carbonyl (C=O) groups is 1. The van der Waals surface area contributed by atoms with E-state index in [0.717, 1.165) is 0 Å². The maximum Gasteiger partial charge on any atom is 0.307 e. The van der Waals surface area contributed by atoms with Crippen LogP contribution in [0, 0.1) is 17.8 Å². The molecule has 0 rings (SSSR count).